The minimum atomic E-state index is -0.530. The molecule has 1 saturated heterocycles. The van der Waals surface area contributed by atoms with Gasteiger partial charge in [0.1, 0.15) is 5.75 Å². The van der Waals surface area contributed by atoms with Crippen molar-refractivity contribution < 1.29 is 9.90 Å². The second-order valence-electron chi connectivity index (χ2n) is 5.79. The number of nitrogens with zero attached hydrogens (tertiary/aromatic N) is 2. The predicted octanol–water partition coefficient (Wildman–Crippen LogP) is 0.816. The molecule has 0 saturated carbocycles. The van der Waals surface area contributed by atoms with Crippen molar-refractivity contribution >= 4 is 5.91 Å². The lowest BCUT2D eigenvalue weighted by molar-refractivity contribution is -0.131. The Bertz CT molecular complexity index is 455. The highest BCUT2D eigenvalue weighted by Crippen LogP contribution is 2.11. The molecule has 5 heteroatoms. The molecule has 1 aromatic carbocycles. The number of rotatable bonds is 6. The van der Waals surface area contributed by atoms with E-state index in [1.165, 1.54) is 12.8 Å². The first kappa shape index (κ1) is 15.8. The van der Waals surface area contributed by atoms with Crippen molar-refractivity contribution in [2.75, 3.05) is 33.2 Å². The predicted molar refractivity (Wildman–Crippen MR) is 83.1 cm³/mol. The maximum absolute atomic E-state index is 12.3. The van der Waals surface area contributed by atoms with E-state index < -0.39 is 6.04 Å². The van der Waals surface area contributed by atoms with E-state index in [2.05, 4.69) is 4.90 Å². The molecule has 1 fully saturated rings. The number of carbonyl (C=O) groups excluding carboxylic acids is 1. The molecule has 2 rings (SSSR count). The maximum atomic E-state index is 12.3. The van der Waals surface area contributed by atoms with Crippen LogP contribution >= 0.6 is 0 Å². The average Bonchev–Trinajstić information content (AvgIpc) is 2.99. The van der Waals surface area contributed by atoms with E-state index in [0.29, 0.717) is 6.42 Å². The molecular weight excluding hydrogens is 266 g/mol. The van der Waals surface area contributed by atoms with Crippen LogP contribution in [0.25, 0.3) is 0 Å². The van der Waals surface area contributed by atoms with E-state index in [9.17, 15) is 9.90 Å². The van der Waals surface area contributed by atoms with Crippen LogP contribution in [0.15, 0.2) is 24.3 Å². The zero-order chi connectivity index (χ0) is 15.2. The van der Waals surface area contributed by atoms with Gasteiger partial charge in [0.05, 0.1) is 6.04 Å². The van der Waals surface area contributed by atoms with E-state index in [0.717, 1.165) is 31.7 Å². The first-order chi connectivity index (χ1) is 10.1. The van der Waals surface area contributed by atoms with Gasteiger partial charge >= 0.3 is 0 Å². The number of nitrogens with two attached hydrogens (primary N) is 1. The Balaban J connectivity index is 1.78. The lowest BCUT2D eigenvalue weighted by atomic mass is 10.1. The molecule has 21 heavy (non-hydrogen) atoms. The van der Waals surface area contributed by atoms with Gasteiger partial charge in [0.25, 0.3) is 0 Å². The fourth-order valence-electron chi connectivity index (χ4n) is 2.66. The van der Waals surface area contributed by atoms with Gasteiger partial charge in [-0.1, -0.05) is 12.1 Å². The molecule has 0 bridgehead atoms. The molecule has 5 nitrogen and oxygen atoms in total. The lowest BCUT2D eigenvalue weighted by Gasteiger charge is -2.24. The van der Waals surface area contributed by atoms with E-state index >= 15 is 0 Å². The minimum Gasteiger partial charge on any atom is -0.508 e. The van der Waals surface area contributed by atoms with E-state index in [1.54, 1.807) is 29.2 Å². The zero-order valence-electron chi connectivity index (χ0n) is 12.7. The molecule has 1 atom stereocenters. The third-order valence-corrected chi connectivity index (χ3v) is 4.04. The van der Waals surface area contributed by atoms with Gasteiger partial charge in [0.15, 0.2) is 0 Å². The first-order valence-corrected chi connectivity index (χ1v) is 7.57. The summed E-state index contributed by atoms with van der Waals surface area (Å²) >= 11 is 0. The van der Waals surface area contributed by atoms with Crippen LogP contribution in [-0.2, 0) is 11.2 Å². The summed E-state index contributed by atoms with van der Waals surface area (Å²) < 4.78 is 0. The van der Waals surface area contributed by atoms with E-state index in [4.69, 9.17) is 5.73 Å². The summed E-state index contributed by atoms with van der Waals surface area (Å²) in [6.45, 7) is 3.93. The highest BCUT2D eigenvalue weighted by molar-refractivity contribution is 5.81. The van der Waals surface area contributed by atoms with E-state index in [-0.39, 0.29) is 11.7 Å². The van der Waals surface area contributed by atoms with Crippen LogP contribution < -0.4 is 5.73 Å². The number of carbonyl (C=O) groups is 1. The molecule has 1 aliphatic rings. The molecule has 0 aromatic heterocycles. The van der Waals surface area contributed by atoms with Crippen molar-refractivity contribution in [3.05, 3.63) is 29.8 Å². The molecule has 0 radical (unpaired) electrons. The number of likely N-dealkylation sites (N-methyl/N-ethyl adjacent to an activating group) is 1. The van der Waals surface area contributed by atoms with Gasteiger partial charge in [-0.3, -0.25) is 4.79 Å². The molecule has 116 valence electrons. The fourth-order valence-corrected chi connectivity index (χ4v) is 2.66. The van der Waals surface area contributed by atoms with Crippen molar-refractivity contribution in [3.63, 3.8) is 0 Å². The number of aromatic hydroxyl groups is 1. The topological polar surface area (TPSA) is 69.8 Å². The summed E-state index contributed by atoms with van der Waals surface area (Å²) in [7, 11) is 1.81. The second kappa shape index (κ2) is 7.43. The normalized spacial score (nSPS) is 16.9. The summed E-state index contributed by atoms with van der Waals surface area (Å²) in [6.07, 6.45) is 3.02. The molecular formula is C16H25N3O2. The van der Waals surface area contributed by atoms with Gasteiger partial charge in [-0.2, -0.15) is 0 Å². The Morgan fingerprint density at radius 2 is 1.95 bits per heavy atom. The summed E-state index contributed by atoms with van der Waals surface area (Å²) in [5, 5.41) is 9.25. The van der Waals surface area contributed by atoms with Gasteiger partial charge in [0, 0.05) is 20.1 Å². The average molecular weight is 291 g/mol. The summed E-state index contributed by atoms with van der Waals surface area (Å²) in [6, 6.07) is 6.30. The van der Waals surface area contributed by atoms with Crippen LogP contribution in [0.5, 0.6) is 5.75 Å². The molecule has 0 spiro atoms. The number of hydrogen-bond acceptors (Lipinski definition) is 4. The van der Waals surface area contributed by atoms with Crippen LogP contribution in [0.4, 0.5) is 0 Å². The second-order valence-corrected chi connectivity index (χ2v) is 5.79. The number of amides is 1. The Morgan fingerprint density at radius 3 is 2.57 bits per heavy atom. The van der Waals surface area contributed by atoms with Gasteiger partial charge < -0.3 is 20.6 Å². The molecule has 0 unspecified atom stereocenters. The highest BCUT2D eigenvalue weighted by Gasteiger charge is 2.19. The van der Waals surface area contributed by atoms with Gasteiger partial charge in [-0.25, -0.2) is 0 Å². The zero-order valence-corrected chi connectivity index (χ0v) is 12.7. The third-order valence-electron chi connectivity index (χ3n) is 4.04. The number of likely N-dealkylation sites (tertiary alicyclic amines) is 1. The maximum Gasteiger partial charge on any atom is 0.239 e. The number of hydrogen-bond donors (Lipinski definition) is 2. The Hall–Kier alpha value is -1.59. The van der Waals surface area contributed by atoms with Crippen LogP contribution in [-0.4, -0.2) is 60.1 Å². The summed E-state index contributed by atoms with van der Waals surface area (Å²) in [5.74, 6) is 0.198. The van der Waals surface area contributed by atoms with Crippen molar-refractivity contribution in [2.24, 2.45) is 5.73 Å². The Kier molecular flexibility index (Phi) is 5.59. The quantitative estimate of drug-likeness (QED) is 0.814. The van der Waals surface area contributed by atoms with Crippen LogP contribution in [0.2, 0.25) is 0 Å². The largest absolute Gasteiger partial charge is 0.508 e. The van der Waals surface area contributed by atoms with Gasteiger partial charge in [-0.05, 0) is 50.0 Å². The van der Waals surface area contributed by atoms with Crippen molar-refractivity contribution in [1.82, 2.24) is 9.80 Å². The molecule has 1 amide bonds. The highest BCUT2D eigenvalue weighted by atomic mass is 16.3. The Morgan fingerprint density at radius 1 is 1.33 bits per heavy atom. The molecule has 1 heterocycles. The van der Waals surface area contributed by atoms with Crippen molar-refractivity contribution in [2.45, 2.75) is 25.3 Å². The molecule has 1 aromatic rings. The summed E-state index contributed by atoms with van der Waals surface area (Å²) in [4.78, 5) is 16.4. The lowest BCUT2D eigenvalue weighted by Crippen LogP contribution is -2.45. The number of phenols is 1. The van der Waals surface area contributed by atoms with Crippen LogP contribution in [0.1, 0.15) is 18.4 Å². The smallest absolute Gasteiger partial charge is 0.239 e. The van der Waals surface area contributed by atoms with Crippen LogP contribution in [0, 0.1) is 0 Å². The fraction of sp³-hybridized carbons (Fsp3) is 0.562. The van der Waals surface area contributed by atoms with Crippen LogP contribution in [0.3, 0.4) is 0 Å². The summed E-state index contributed by atoms with van der Waals surface area (Å²) in [5.41, 5.74) is 6.96. The monoisotopic (exact) mass is 291 g/mol. The first-order valence-electron chi connectivity index (χ1n) is 7.57. The minimum absolute atomic E-state index is 0.0257. The van der Waals surface area contributed by atoms with E-state index in [1.807, 2.05) is 7.05 Å². The Labute approximate surface area is 126 Å². The number of benzene rings is 1. The molecule has 0 aliphatic carbocycles. The SMILES string of the molecule is CN(CCN1CCCC1)C(=O)[C@@H](N)Cc1ccc(O)cc1. The third kappa shape index (κ3) is 4.72. The van der Waals surface area contributed by atoms with Gasteiger partial charge in [0.2, 0.25) is 5.91 Å². The molecule has 1 aliphatic heterocycles. The van der Waals surface area contributed by atoms with Crippen molar-refractivity contribution in [3.8, 4) is 5.75 Å². The van der Waals surface area contributed by atoms with Crippen molar-refractivity contribution in [1.29, 1.82) is 0 Å². The standard InChI is InChI=1S/C16H25N3O2/c1-18(10-11-19-8-2-3-9-19)16(21)15(17)12-13-4-6-14(20)7-5-13/h4-7,15,20H,2-3,8-12,17H2,1H3/t15-/m0/s1. The number of phenolic OH excluding ortho intramolecular Hbond substituents is 1. The molecule has 3 N–H and O–H groups in total. The van der Waals surface area contributed by atoms with Gasteiger partial charge in [-0.15, -0.1) is 0 Å².